The summed E-state index contributed by atoms with van der Waals surface area (Å²) in [5.41, 5.74) is 0.652. The van der Waals surface area contributed by atoms with Gasteiger partial charge in [-0.15, -0.1) is 0 Å². The Hall–Kier alpha value is -0.160. The zero-order valence-corrected chi connectivity index (χ0v) is 17.5. The molecule has 0 saturated carbocycles. The molecule has 0 aromatic rings. The van der Waals surface area contributed by atoms with Crippen molar-refractivity contribution in [3.63, 3.8) is 0 Å². The van der Waals surface area contributed by atoms with E-state index in [1.165, 1.54) is 58.5 Å². The molecule has 144 valence electrons. The molecule has 0 aromatic carbocycles. The first kappa shape index (κ1) is 18.2. The molecule has 6 aliphatic heterocycles. The fourth-order valence-corrected chi connectivity index (χ4v) is 6.05. The van der Waals surface area contributed by atoms with Crippen LogP contribution in [0.25, 0.3) is 0 Å². The van der Waals surface area contributed by atoms with E-state index in [9.17, 15) is 0 Å². The van der Waals surface area contributed by atoms with E-state index in [-0.39, 0.29) is 0 Å². The lowest BCUT2D eigenvalue weighted by Crippen LogP contribution is -2.71. The minimum absolute atomic E-state index is 0.326. The molecular formula is C21H40N4. The maximum absolute atomic E-state index is 2.83. The van der Waals surface area contributed by atoms with E-state index in [2.05, 4.69) is 61.1 Å². The highest BCUT2D eigenvalue weighted by Gasteiger charge is 2.46. The second kappa shape index (κ2) is 6.19. The number of fused-ring (bicyclic) bond motifs is 6. The first-order valence-electron chi connectivity index (χ1n) is 10.6. The van der Waals surface area contributed by atoms with Crippen LogP contribution in [0.2, 0.25) is 0 Å². The van der Waals surface area contributed by atoms with E-state index in [4.69, 9.17) is 0 Å². The van der Waals surface area contributed by atoms with Gasteiger partial charge in [0.05, 0.1) is 6.67 Å². The molecule has 6 heterocycles. The lowest BCUT2D eigenvalue weighted by molar-refractivity contribution is -0.117. The monoisotopic (exact) mass is 348 g/mol. The number of nitrogens with zero attached hydrogens (tertiary/aromatic N) is 4. The predicted octanol–water partition coefficient (Wildman–Crippen LogP) is 2.84. The second-order valence-electron chi connectivity index (χ2n) is 11.1. The summed E-state index contributed by atoms with van der Waals surface area (Å²) in [4.78, 5) is 11.2. The van der Waals surface area contributed by atoms with Gasteiger partial charge < -0.3 is 0 Å². The molecule has 4 nitrogen and oxygen atoms in total. The van der Waals surface area contributed by atoms with E-state index in [1.54, 1.807) is 0 Å². The van der Waals surface area contributed by atoms with Gasteiger partial charge in [-0.2, -0.15) is 0 Å². The summed E-state index contributed by atoms with van der Waals surface area (Å²) in [6.45, 7) is 20.7. The van der Waals surface area contributed by atoms with E-state index in [0.29, 0.717) is 11.1 Å². The van der Waals surface area contributed by atoms with Crippen molar-refractivity contribution in [3.8, 4) is 0 Å². The van der Waals surface area contributed by atoms with Gasteiger partial charge in [-0.1, -0.05) is 0 Å². The van der Waals surface area contributed by atoms with Crippen molar-refractivity contribution in [1.29, 1.82) is 0 Å². The summed E-state index contributed by atoms with van der Waals surface area (Å²) < 4.78 is 0. The van der Waals surface area contributed by atoms with Crippen LogP contribution in [-0.4, -0.2) is 87.7 Å². The van der Waals surface area contributed by atoms with Crippen molar-refractivity contribution in [1.82, 2.24) is 19.6 Å². The Balaban J connectivity index is 1.39. The quantitative estimate of drug-likeness (QED) is 0.761. The first-order chi connectivity index (χ1) is 11.6. The number of hydrogen-bond acceptors (Lipinski definition) is 4. The third-order valence-corrected chi connectivity index (χ3v) is 7.37. The van der Waals surface area contributed by atoms with Gasteiger partial charge in [0.25, 0.3) is 0 Å². The van der Waals surface area contributed by atoms with Crippen LogP contribution >= 0.6 is 0 Å². The summed E-state index contributed by atoms with van der Waals surface area (Å²) >= 11 is 0. The van der Waals surface area contributed by atoms with Gasteiger partial charge in [0.1, 0.15) is 0 Å². The van der Waals surface area contributed by atoms with Gasteiger partial charge in [0, 0.05) is 61.4 Å². The molecular weight excluding hydrogens is 308 g/mol. The van der Waals surface area contributed by atoms with Crippen LogP contribution in [0.15, 0.2) is 0 Å². The molecule has 4 atom stereocenters. The van der Waals surface area contributed by atoms with Crippen LogP contribution in [0.1, 0.15) is 67.2 Å². The highest BCUT2D eigenvalue weighted by atomic mass is 15.4. The largest absolute Gasteiger partial charge is 0.293 e. The SMILES string of the molecule is CC(C)(C)N1CC2CCC1CN2CN1CC2CCC1CN2C(C)(C)C. The first-order valence-corrected chi connectivity index (χ1v) is 10.6. The molecule has 0 aliphatic carbocycles. The summed E-state index contributed by atoms with van der Waals surface area (Å²) in [7, 11) is 0. The fourth-order valence-electron chi connectivity index (χ4n) is 6.05. The molecule has 6 fully saturated rings. The van der Waals surface area contributed by atoms with E-state index < -0.39 is 0 Å². The van der Waals surface area contributed by atoms with Crippen LogP contribution in [-0.2, 0) is 0 Å². The second-order valence-corrected chi connectivity index (χ2v) is 11.1. The van der Waals surface area contributed by atoms with Gasteiger partial charge in [-0.05, 0) is 67.2 Å². The van der Waals surface area contributed by atoms with Crippen LogP contribution < -0.4 is 0 Å². The maximum Gasteiger partial charge on any atom is 0.0513 e. The average molecular weight is 349 g/mol. The van der Waals surface area contributed by atoms with Crippen molar-refractivity contribution in [2.45, 2.75) is 102 Å². The molecule has 0 radical (unpaired) electrons. The summed E-state index contributed by atoms with van der Waals surface area (Å²) in [6, 6.07) is 3.11. The number of hydrogen-bond donors (Lipinski definition) is 0. The van der Waals surface area contributed by atoms with Crippen molar-refractivity contribution >= 4 is 0 Å². The standard InChI is InChI=1S/C21H40N4/c1-20(2,3)24-13-16-7-9-18(24)11-22(16)15-23-12-19-10-8-17(23)14-25(19)21(4,5)6/h16-19H,7-15H2,1-6H3. The Morgan fingerprint density at radius 1 is 0.560 bits per heavy atom. The van der Waals surface area contributed by atoms with Crippen molar-refractivity contribution in [3.05, 3.63) is 0 Å². The predicted molar refractivity (Wildman–Crippen MR) is 105 cm³/mol. The lowest BCUT2D eigenvalue weighted by atomic mass is 9.85. The molecule has 0 aromatic heterocycles. The maximum atomic E-state index is 2.83. The van der Waals surface area contributed by atoms with Gasteiger partial charge in [-0.3, -0.25) is 19.6 Å². The number of piperazine rings is 2. The van der Waals surface area contributed by atoms with Crippen molar-refractivity contribution in [2.24, 2.45) is 0 Å². The number of rotatable bonds is 2. The van der Waals surface area contributed by atoms with Gasteiger partial charge in [-0.25, -0.2) is 0 Å². The molecule has 0 N–H and O–H groups in total. The molecule has 0 spiro atoms. The average Bonchev–Trinajstić information content (AvgIpc) is 2.54. The van der Waals surface area contributed by atoms with Crippen molar-refractivity contribution < 1.29 is 0 Å². The number of piperidine rings is 4. The zero-order valence-electron chi connectivity index (χ0n) is 17.5. The van der Waals surface area contributed by atoms with Gasteiger partial charge in [0.2, 0.25) is 0 Å². The fraction of sp³-hybridized carbons (Fsp3) is 1.00. The zero-order chi connectivity index (χ0) is 18.0. The molecule has 25 heavy (non-hydrogen) atoms. The molecule has 6 aliphatic rings. The molecule has 4 unspecified atom stereocenters. The summed E-state index contributed by atoms with van der Waals surface area (Å²) in [5.74, 6) is 0. The van der Waals surface area contributed by atoms with Gasteiger partial charge >= 0.3 is 0 Å². The summed E-state index contributed by atoms with van der Waals surface area (Å²) in [5, 5.41) is 0. The lowest BCUT2D eigenvalue weighted by Gasteiger charge is -2.59. The van der Waals surface area contributed by atoms with Crippen molar-refractivity contribution in [2.75, 3.05) is 32.8 Å². The van der Waals surface area contributed by atoms with Gasteiger partial charge in [0.15, 0.2) is 0 Å². The van der Waals surface area contributed by atoms with Crippen LogP contribution in [0.3, 0.4) is 0 Å². The highest BCUT2D eigenvalue weighted by molar-refractivity contribution is 5.02. The molecule has 6 rings (SSSR count). The van der Waals surface area contributed by atoms with E-state index >= 15 is 0 Å². The highest BCUT2D eigenvalue weighted by Crippen LogP contribution is 2.37. The van der Waals surface area contributed by atoms with Crippen LogP contribution in [0.4, 0.5) is 0 Å². The molecule has 4 bridgehead atoms. The van der Waals surface area contributed by atoms with E-state index in [1.807, 2.05) is 0 Å². The molecule has 6 saturated heterocycles. The minimum atomic E-state index is 0.326. The smallest absolute Gasteiger partial charge is 0.0513 e. The van der Waals surface area contributed by atoms with E-state index in [0.717, 1.165) is 24.2 Å². The third-order valence-electron chi connectivity index (χ3n) is 7.37. The Morgan fingerprint density at radius 3 is 1.20 bits per heavy atom. The molecule has 0 amide bonds. The minimum Gasteiger partial charge on any atom is -0.293 e. The Bertz CT molecular complexity index is 447. The Labute approximate surface area is 155 Å². The Morgan fingerprint density at radius 2 is 0.920 bits per heavy atom. The summed E-state index contributed by atoms with van der Waals surface area (Å²) in [6.07, 6.45) is 5.63. The molecule has 4 heteroatoms. The normalized spacial score (nSPS) is 38.6. The third kappa shape index (κ3) is 3.40. The topological polar surface area (TPSA) is 13.0 Å². The van der Waals surface area contributed by atoms with Crippen LogP contribution in [0, 0.1) is 0 Å². The van der Waals surface area contributed by atoms with Crippen LogP contribution in [0.5, 0.6) is 0 Å². The Kier molecular flexibility index (Phi) is 4.51.